The number of rotatable bonds is 8. The molecule has 0 bridgehead atoms. The first-order chi connectivity index (χ1) is 28.8. The number of nitrogens with zero attached hydrogens (tertiary/aromatic N) is 4. The van der Waals surface area contributed by atoms with Gasteiger partial charge in [-0.1, -0.05) is 121 Å². The standard InChI is InChI=1S/C53H36N4O/c1-5-18-38(19-6-1)53-54-48-35-45(55(40-21-7-2-8-22-40)43-30-29-37-17-13-14-20-39(37)33-43)36-51(52(48)58-53)56(41-23-9-3-10-24-41)44-31-32-50-47(34-44)46-27-15-16-28-49(46)57(50)42-25-11-4-12-26-42/h1-36H. The Bertz CT molecular complexity index is 3230. The van der Waals surface area contributed by atoms with Gasteiger partial charge in [0.1, 0.15) is 5.52 Å². The lowest BCUT2D eigenvalue weighted by atomic mass is 10.1. The zero-order valence-corrected chi connectivity index (χ0v) is 31.5. The molecule has 2 heterocycles. The fraction of sp³-hybridized carbons (Fsp3) is 0. The molecule has 0 aliphatic carbocycles. The maximum atomic E-state index is 6.86. The van der Waals surface area contributed by atoms with Crippen molar-refractivity contribution in [1.82, 2.24) is 9.55 Å². The third kappa shape index (κ3) is 5.76. The van der Waals surface area contributed by atoms with E-state index in [-0.39, 0.29) is 0 Å². The molecule has 0 aliphatic rings. The van der Waals surface area contributed by atoms with Crippen LogP contribution in [0.1, 0.15) is 0 Å². The summed E-state index contributed by atoms with van der Waals surface area (Å²) in [5, 5.41) is 4.71. The Hall–Kier alpha value is -7.89. The van der Waals surface area contributed by atoms with Crippen molar-refractivity contribution >= 4 is 77.8 Å². The van der Waals surface area contributed by atoms with Crippen molar-refractivity contribution in [1.29, 1.82) is 0 Å². The summed E-state index contributed by atoms with van der Waals surface area (Å²) in [6.07, 6.45) is 0. The van der Waals surface area contributed by atoms with Crippen molar-refractivity contribution in [2.45, 2.75) is 0 Å². The van der Waals surface area contributed by atoms with Crippen LogP contribution in [0.4, 0.5) is 34.1 Å². The molecule has 5 heteroatoms. The van der Waals surface area contributed by atoms with Gasteiger partial charge in [0.25, 0.3) is 0 Å². The predicted octanol–water partition coefficient (Wildman–Crippen LogP) is 14.7. The van der Waals surface area contributed by atoms with Crippen LogP contribution < -0.4 is 9.80 Å². The second-order valence-electron chi connectivity index (χ2n) is 14.5. The third-order valence-electron chi connectivity index (χ3n) is 10.9. The molecule has 58 heavy (non-hydrogen) atoms. The summed E-state index contributed by atoms with van der Waals surface area (Å²) in [4.78, 5) is 9.82. The lowest BCUT2D eigenvalue weighted by Crippen LogP contribution is -2.13. The highest BCUT2D eigenvalue weighted by Crippen LogP contribution is 2.47. The van der Waals surface area contributed by atoms with Crippen molar-refractivity contribution in [3.8, 4) is 17.1 Å². The van der Waals surface area contributed by atoms with E-state index in [4.69, 9.17) is 9.40 Å². The van der Waals surface area contributed by atoms with Crippen LogP contribution in [0.25, 0.3) is 60.8 Å². The quantitative estimate of drug-likeness (QED) is 0.155. The summed E-state index contributed by atoms with van der Waals surface area (Å²) in [5.74, 6) is 0.570. The van der Waals surface area contributed by atoms with E-state index in [1.165, 1.54) is 16.2 Å². The van der Waals surface area contributed by atoms with Crippen molar-refractivity contribution in [3.63, 3.8) is 0 Å². The Kier molecular flexibility index (Phi) is 8.07. The Morgan fingerprint density at radius 2 is 0.983 bits per heavy atom. The summed E-state index contributed by atoms with van der Waals surface area (Å²) in [7, 11) is 0. The van der Waals surface area contributed by atoms with Gasteiger partial charge in [-0.2, -0.15) is 0 Å². The van der Waals surface area contributed by atoms with Gasteiger partial charge >= 0.3 is 0 Å². The molecule has 5 nitrogen and oxygen atoms in total. The molecule has 9 aromatic carbocycles. The molecule has 0 N–H and O–H groups in total. The van der Waals surface area contributed by atoms with Gasteiger partial charge in [-0.3, -0.25) is 0 Å². The summed E-state index contributed by atoms with van der Waals surface area (Å²) >= 11 is 0. The SMILES string of the molecule is c1ccc(-c2nc3cc(N(c4ccccc4)c4ccc5ccccc5c4)cc(N(c4ccccc4)c4ccc5c(c4)c4ccccc4n5-c4ccccc4)c3o2)cc1. The maximum absolute atomic E-state index is 6.86. The van der Waals surface area contributed by atoms with Gasteiger partial charge in [0.05, 0.1) is 22.4 Å². The number of fused-ring (bicyclic) bond motifs is 5. The summed E-state index contributed by atoms with van der Waals surface area (Å²) < 4.78 is 9.21. The molecule has 0 radical (unpaired) electrons. The average molecular weight is 745 g/mol. The number of hydrogen-bond donors (Lipinski definition) is 0. The zero-order chi connectivity index (χ0) is 38.4. The number of oxazole rings is 1. The first-order valence-corrected chi connectivity index (χ1v) is 19.5. The monoisotopic (exact) mass is 744 g/mol. The molecule has 2 aromatic heterocycles. The summed E-state index contributed by atoms with van der Waals surface area (Å²) in [5.41, 5.74) is 11.7. The molecule has 11 aromatic rings. The van der Waals surface area contributed by atoms with Crippen LogP contribution in [0, 0.1) is 0 Å². The van der Waals surface area contributed by atoms with E-state index in [1.54, 1.807) is 0 Å². The predicted molar refractivity (Wildman–Crippen MR) is 241 cm³/mol. The van der Waals surface area contributed by atoms with E-state index in [0.717, 1.165) is 67.3 Å². The molecule has 0 saturated carbocycles. The van der Waals surface area contributed by atoms with Crippen LogP contribution >= 0.6 is 0 Å². The van der Waals surface area contributed by atoms with Crippen molar-refractivity contribution in [2.75, 3.05) is 9.80 Å². The molecule has 274 valence electrons. The highest BCUT2D eigenvalue weighted by Gasteiger charge is 2.25. The zero-order valence-electron chi connectivity index (χ0n) is 31.5. The Morgan fingerprint density at radius 1 is 0.397 bits per heavy atom. The minimum Gasteiger partial charge on any atom is -0.434 e. The fourth-order valence-corrected chi connectivity index (χ4v) is 8.30. The minimum absolute atomic E-state index is 0.570. The number of hydrogen-bond acceptors (Lipinski definition) is 4. The molecule has 11 rings (SSSR count). The average Bonchev–Trinajstić information content (AvgIpc) is 3.88. The second kappa shape index (κ2) is 14.0. The van der Waals surface area contributed by atoms with Gasteiger partial charge < -0.3 is 18.8 Å². The number of para-hydroxylation sites is 4. The summed E-state index contributed by atoms with van der Waals surface area (Å²) in [6, 6.07) is 76.8. The molecule has 0 aliphatic heterocycles. The number of aromatic nitrogens is 2. The van der Waals surface area contributed by atoms with E-state index in [2.05, 4.69) is 202 Å². The van der Waals surface area contributed by atoms with Gasteiger partial charge in [-0.05, 0) is 108 Å². The Morgan fingerprint density at radius 3 is 1.74 bits per heavy atom. The molecule has 0 fully saturated rings. The van der Waals surface area contributed by atoms with E-state index in [0.29, 0.717) is 11.5 Å². The topological polar surface area (TPSA) is 37.4 Å². The van der Waals surface area contributed by atoms with E-state index in [9.17, 15) is 0 Å². The lowest BCUT2D eigenvalue weighted by Gasteiger charge is -2.29. The van der Waals surface area contributed by atoms with Gasteiger partial charge in [0.15, 0.2) is 5.58 Å². The van der Waals surface area contributed by atoms with Crippen LogP contribution in [-0.4, -0.2) is 9.55 Å². The van der Waals surface area contributed by atoms with Crippen LogP contribution in [0.5, 0.6) is 0 Å². The molecular weight excluding hydrogens is 709 g/mol. The van der Waals surface area contributed by atoms with Crippen LogP contribution in [0.2, 0.25) is 0 Å². The van der Waals surface area contributed by atoms with Gasteiger partial charge in [0.2, 0.25) is 5.89 Å². The molecule has 0 spiro atoms. The number of anilines is 6. The normalized spacial score (nSPS) is 11.4. The summed E-state index contributed by atoms with van der Waals surface area (Å²) in [6.45, 7) is 0. The third-order valence-corrected chi connectivity index (χ3v) is 10.9. The number of benzene rings is 9. The second-order valence-corrected chi connectivity index (χ2v) is 14.5. The first kappa shape index (κ1) is 33.4. The van der Waals surface area contributed by atoms with E-state index >= 15 is 0 Å². The Balaban J connectivity index is 1.19. The maximum Gasteiger partial charge on any atom is 0.227 e. The highest BCUT2D eigenvalue weighted by atomic mass is 16.3. The highest BCUT2D eigenvalue weighted by molar-refractivity contribution is 6.11. The lowest BCUT2D eigenvalue weighted by molar-refractivity contribution is 0.620. The van der Waals surface area contributed by atoms with Crippen molar-refractivity contribution < 1.29 is 4.42 Å². The van der Waals surface area contributed by atoms with Crippen molar-refractivity contribution in [2.24, 2.45) is 0 Å². The molecule has 0 amide bonds. The van der Waals surface area contributed by atoms with Gasteiger partial charge in [-0.15, -0.1) is 0 Å². The van der Waals surface area contributed by atoms with E-state index < -0.39 is 0 Å². The van der Waals surface area contributed by atoms with Crippen LogP contribution in [-0.2, 0) is 0 Å². The van der Waals surface area contributed by atoms with Gasteiger partial charge in [0, 0.05) is 44.8 Å². The molecule has 0 unspecified atom stereocenters. The largest absolute Gasteiger partial charge is 0.434 e. The van der Waals surface area contributed by atoms with E-state index in [1.807, 2.05) is 30.3 Å². The molecular formula is C53H36N4O. The van der Waals surface area contributed by atoms with Crippen LogP contribution in [0.3, 0.4) is 0 Å². The Labute approximate surface area is 335 Å². The smallest absolute Gasteiger partial charge is 0.227 e. The van der Waals surface area contributed by atoms with Gasteiger partial charge in [-0.25, -0.2) is 4.98 Å². The molecule has 0 saturated heterocycles. The van der Waals surface area contributed by atoms with Crippen LogP contribution in [0.15, 0.2) is 223 Å². The fourth-order valence-electron chi connectivity index (χ4n) is 8.30. The van der Waals surface area contributed by atoms with Crippen molar-refractivity contribution in [3.05, 3.63) is 218 Å². The molecule has 0 atom stereocenters. The first-order valence-electron chi connectivity index (χ1n) is 19.5. The minimum atomic E-state index is 0.570.